The fourth-order valence-corrected chi connectivity index (χ4v) is 1.96. The van der Waals surface area contributed by atoms with Gasteiger partial charge in [0, 0.05) is 26.3 Å². The van der Waals surface area contributed by atoms with E-state index in [2.05, 4.69) is 10.3 Å². The number of aromatic nitrogens is 1. The molecule has 0 aliphatic carbocycles. The Balaban J connectivity index is 2.19. The van der Waals surface area contributed by atoms with Crippen LogP contribution in [-0.4, -0.2) is 19.1 Å². The second kappa shape index (κ2) is 5.69. The number of halogens is 1. The highest BCUT2D eigenvalue weighted by Gasteiger charge is 2.09. The fourth-order valence-electron chi connectivity index (χ4n) is 1.96. The Labute approximate surface area is 113 Å². The molecule has 0 aliphatic rings. The zero-order valence-corrected chi connectivity index (χ0v) is 11.4. The summed E-state index contributed by atoms with van der Waals surface area (Å²) in [5.41, 5.74) is 3.07. The number of nitrogens with one attached hydrogen (secondary N) is 1. The van der Waals surface area contributed by atoms with Crippen molar-refractivity contribution in [3.63, 3.8) is 0 Å². The Morgan fingerprint density at radius 3 is 2.47 bits per heavy atom. The lowest BCUT2D eigenvalue weighted by atomic mass is 10.1. The lowest BCUT2D eigenvalue weighted by Crippen LogP contribution is -2.14. The van der Waals surface area contributed by atoms with Gasteiger partial charge in [-0.3, -0.25) is 4.98 Å². The van der Waals surface area contributed by atoms with Crippen LogP contribution in [0.3, 0.4) is 0 Å². The lowest BCUT2D eigenvalue weighted by molar-refractivity contribution is 0.626. The number of hydrogen-bond acceptors (Lipinski definition) is 3. The summed E-state index contributed by atoms with van der Waals surface area (Å²) >= 11 is 0. The normalized spacial score (nSPS) is 12.0. The van der Waals surface area contributed by atoms with Gasteiger partial charge in [0.25, 0.3) is 0 Å². The van der Waals surface area contributed by atoms with E-state index < -0.39 is 0 Å². The number of pyridine rings is 1. The van der Waals surface area contributed by atoms with Crippen LogP contribution < -0.4 is 10.2 Å². The van der Waals surface area contributed by atoms with E-state index >= 15 is 0 Å². The largest absolute Gasteiger partial charge is 0.376 e. The van der Waals surface area contributed by atoms with Crippen LogP contribution in [0.1, 0.15) is 18.5 Å². The molecule has 4 heteroatoms. The number of hydrogen-bond donors (Lipinski definition) is 1. The van der Waals surface area contributed by atoms with Gasteiger partial charge >= 0.3 is 0 Å². The third kappa shape index (κ3) is 3.22. The van der Waals surface area contributed by atoms with Crippen LogP contribution in [0.25, 0.3) is 0 Å². The van der Waals surface area contributed by atoms with Crippen molar-refractivity contribution in [1.29, 1.82) is 0 Å². The average Bonchev–Trinajstić information content (AvgIpc) is 2.39. The molecule has 3 nitrogen and oxygen atoms in total. The van der Waals surface area contributed by atoms with Crippen LogP contribution in [-0.2, 0) is 0 Å². The van der Waals surface area contributed by atoms with E-state index in [1.807, 2.05) is 32.0 Å². The van der Waals surface area contributed by atoms with E-state index in [1.54, 1.807) is 24.5 Å². The zero-order chi connectivity index (χ0) is 13.8. The molecule has 0 fully saturated rings. The van der Waals surface area contributed by atoms with E-state index in [0.717, 1.165) is 16.9 Å². The van der Waals surface area contributed by atoms with Gasteiger partial charge in [0.1, 0.15) is 5.82 Å². The van der Waals surface area contributed by atoms with Crippen molar-refractivity contribution in [3.05, 3.63) is 54.1 Å². The van der Waals surface area contributed by atoms with Crippen molar-refractivity contribution in [2.45, 2.75) is 13.0 Å². The summed E-state index contributed by atoms with van der Waals surface area (Å²) in [5.74, 6) is -0.216. The number of benzene rings is 1. The molecule has 0 amide bonds. The molecule has 1 N–H and O–H groups in total. The predicted octanol–water partition coefficient (Wildman–Crippen LogP) is 3.46. The average molecular weight is 259 g/mol. The summed E-state index contributed by atoms with van der Waals surface area (Å²) in [7, 11) is 3.98. The van der Waals surface area contributed by atoms with Crippen LogP contribution in [0, 0.1) is 5.82 Å². The van der Waals surface area contributed by atoms with Crippen LogP contribution in [0.5, 0.6) is 0 Å². The van der Waals surface area contributed by atoms with E-state index in [0.29, 0.717) is 0 Å². The predicted molar refractivity (Wildman–Crippen MR) is 77.0 cm³/mol. The molecule has 0 aliphatic heterocycles. The molecule has 2 aromatic rings. The van der Waals surface area contributed by atoms with Crippen LogP contribution >= 0.6 is 0 Å². The van der Waals surface area contributed by atoms with Crippen molar-refractivity contribution in [1.82, 2.24) is 4.98 Å². The minimum atomic E-state index is -0.216. The fraction of sp³-hybridized carbons (Fsp3) is 0.267. The van der Waals surface area contributed by atoms with Gasteiger partial charge in [0.2, 0.25) is 0 Å². The maximum atomic E-state index is 12.9. The molecule has 1 heterocycles. The van der Waals surface area contributed by atoms with E-state index in [-0.39, 0.29) is 11.9 Å². The minimum absolute atomic E-state index is 0.0866. The van der Waals surface area contributed by atoms with Crippen LogP contribution in [0.2, 0.25) is 0 Å². The van der Waals surface area contributed by atoms with Gasteiger partial charge in [-0.25, -0.2) is 4.39 Å². The molecule has 2 rings (SSSR count). The Bertz CT molecular complexity index is 537. The first-order valence-corrected chi connectivity index (χ1v) is 6.21. The summed E-state index contributed by atoms with van der Waals surface area (Å²) < 4.78 is 12.9. The standard InChI is InChI=1S/C15H18FN3/c1-11(12-4-6-13(16)7-5-12)18-14-10-17-9-8-15(14)19(2)3/h4-11,18H,1-3H3. The van der Waals surface area contributed by atoms with E-state index in [4.69, 9.17) is 0 Å². The maximum absolute atomic E-state index is 12.9. The van der Waals surface area contributed by atoms with Gasteiger partial charge in [-0.15, -0.1) is 0 Å². The first kappa shape index (κ1) is 13.3. The summed E-state index contributed by atoms with van der Waals surface area (Å²) in [4.78, 5) is 6.17. The summed E-state index contributed by atoms with van der Waals surface area (Å²) in [6, 6.07) is 8.58. The summed E-state index contributed by atoms with van der Waals surface area (Å²) in [6.45, 7) is 2.04. The number of anilines is 2. The first-order chi connectivity index (χ1) is 9.08. The summed E-state index contributed by atoms with van der Waals surface area (Å²) in [5, 5.41) is 3.40. The number of rotatable bonds is 4. The molecule has 1 aromatic heterocycles. The van der Waals surface area contributed by atoms with Gasteiger partial charge in [0.15, 0.2) is 0 Å². The third-order valence-electron chi connectivity index (χ3n) is 3.02. The van der Waals surface area contributed by atoms with Crippen LogP contribution in [0.15, 0.2) is 42.7 Å². The van der Waals surface area contributed by atoms with Crippen molar-refractivity contribution < 1.29 is 4.39 Å². The highest BCUT2D eigenvalue weighted by atomic mass is 19.1. The molecule has 0 spiro atoms. The molecule has 1 unspecified atom stereocenters. The second-order valence-electron chi connectivity index (χ2n) is 4.70. The highest BCUT2D eigenvalue weighted by Crippen LogP contribution is 2.26. The molecule has 0 bridgehead atoms. The summed E-state index contributed by atoms with van der Waals surface area (Å²) in [6.07, 6.45) is 3.57. The molecule has 1 atom stereocenters. The van der Waals surface area contributed by atoms with E-state index in [1.165, 1.54) is 12.1 Å². The molecule has 1 aromatic carbocycles. The van der Waals surface area contributed by atoms with Crippen LogP contribution in [0.4, 0.5) is 15.8 Å². The molecule has 0 saturated heterocycles. The van der Waals surface area contributed by atoms with Crippen molar-refractivity contribution >= 4 is 11.4 Å². The Morgan fingerprint density at radius 1 is 1.16 bits per heavy atom. The van der Waals surface area contributed by atoms with Crippen molar-refractivity contribution in [2.75, 3.05) is 24.3 Å². The molecule has 0 saturated carbocycles. The Morgan fingerprint density at radius 2 is 1.84 bits per heavy atom. The van der Waals surface area contributed by atoms with Crippen molar-refractivity contribution in [2.24, 2.45) is 0 Å². The molecule has 0 radical (unpaired) electrons. The van der Waals surface area contributed by atoms with Gasteiger partial charge in [-0.1, -0.05) is 12.1 Å². The number of nitrogens with zero attached hydrogens (tertiary/aromatic N) is 2. The molecule has 100 valence electrons. The molecular weight excluding hydrogens is 241 g/mol. The van der Waals surface area contributed by atoms with E-state index in [9.17, 15) is 4.39 Å². The zero-order valence-electron chi connectivity index (χ0n) is 11.4. The highest BCUT2D eigenvalue weighted by molar-refractivity contribution is 5.68. The van der Waals surface area contributed by atoms with Crippen molar-refractivity contribution in [3.8, 4) is 0 Å². The topological polar surface area (TPSA) is 28.2 Å². The lowest BCUT2D eigenvalue weighted by Gasteiger charge is -2.21. The maximum Gasteiger partial charge on any atom is 0.123 e. The minimum Gasteiger partial charge on any atom is -0.376 e. The van der Waals surface area contributed by atoms with Gasteiger partial charge in [-0.05, 0) is 30.7 Å². The monoisotopic (exact) mass is 259 g/mol. The Kier molecular flexibility index (Phi) is 4.00. The van der Waals surface area contributed by atoms with Gasteiger partial charge in [-0.2, -0.15) is 0 Å². The molecular formula is C15H18FN3. The van der Waals surface area contributed by atoms with Gasteiger partial charge < -0.3 is 10.2 Å². The second-order valence-corrected chi connectivity index (χ2v) is 4.70. The smallest absolute Gasteiger partial charge is 0.123 e. The quantitative estimate of drug-likeness (QED) is 0.911. The molecule has 19 heavy (non-hydrogen) atoms. The first-order valence-electron chi connectivity index (χ1n) is 6.21. The third-order valence-corrected chi connectivity index (χ3v) is 3.02. The van der Waals surface area contributed by atoms with Gasteiger partial charge in [0.05, 0.1) is 17.6 Å². The SMILES string of the molecule is CC(Nc1cnccc1N(C)C)c1ccc(F)cc1. The Hall–Kier alpha value is -2.10.